The summed E-state index contributed by atoms with van der Waals surface area (Å²) in [6.07, 6.45) is 0. The summed E-state index contributed by atoms with van der Waals surface area (Å²) in [6.45, 7) is 3.70. The van der Waals surface area contributed by atoms with Gasteiger partial charge in [0.1, 0.15) is 11.6 Å². The lowest BCUT2D eigenvalue weighted by Gasteiger charge is -2.29. The summed E-state index contributed by atoms with van der Waals surface area (Å²) in [4.78, 5) is 8.21. The zero-order valence-electron chi connectivity index (χ0n) is 16.7. The third kappa shape index (κ3) is 6.53. The predicted octanol–water partition coefficient (Wildman–Crippen LogP) is 3.63. The molecule has 0 radical (unpaired) electrons. The van der Waals surface area contributed by atoms with Crippen LogP contribution in [-0.4, -0.2) is 51.3 Å². The summed E-state index contributed by atoms with van der Waals surface area (Å²) in [5.74, 6) is 0.203. The first-order valence-corrected chi connectivity index (χ1v) is 9.34. The number of hydrogen-bond acceptors (Lipinski definition) is 3. The van der Waals surface area contributed by atoms with Crippen LogP contribution in [0.25, 0.3) is 0 Å². The number of anilines is 1. The van der Waals surface area contributed by atoms with Crippen molar-refractivity contribution < 1.29 is 13.5 Å². The van der Waals surface area contributed by atoms with Gasteiger partial charge in [-0.2, -0.15) is 0 Å². The number of benzene rings is 2. The van der Waals surface area contributed by atoms with E-state index in [0.29, 0.717) is 51.0 Å². The third-order valence-corrected chi connectivity index (χ3v) is 4.72. The summed E-state index contributed by atoms with van der Waals surface area (Å²) in [6, 6.07) is 11.7. The second-order valence-corrected chi connectivity index (χ2v) is 6.77. The maximum atomic E-state index is 14.5. The highest BCUT2D eigenvalue weighted by atomic mass is 127. The molecule has 1 fully saturated rings. The summed E-state index contributed by atoms with van der Waals surface area (Å²) in [5.41, 5.74) is 2.43. The molecule has 0 spiro atoms. The van der Waals surface area contributed by atoms with E-state index in [2.05, 4.69) is 10.3 Å². The molecule has 0 saturated carbocycles. The van der Waals surface area contributed by atoms with E-state index in [9.17, 15) is 8.78 Å². The Kier molecular flexibility index (Phi) is 9.09. The number of morpholine rings is 1. The van der Waals surface area contributed by atoms with Crippen LogP contribution in [0.1, 0.15) is 11.1 Å². The molecule has 1 N–H and O–H groups in total. The van der Waals surface area contributed by atoms with E-state index in [1.54, 1.807) is 25.2 Å². The van der Waals surface area contributed by atoms with Gasteiger partial charge in [-0.1, -0.05) is 18.2 Å². The monoisotopic (exact) mass is 516 g/mol. The van der Waals surface area contributed by atoms with Crippen molar-refractivity contribution in [2.24, 2.45) is 4.99 Å². The van der Waals surface area contributed by atoms with Crippen LogP contribution in [0.4, 0.5) is 14.5 Å². The highest BCUT2D eigenvalue weighted by molar-refractivity contribution is 14.0. The fourth-order valence-electron chi connectivity index (χ4n) is 3.23. The highest BCUT2D eigenvalue weighted by Crippen LogP contribution is 2.21. The number of guanidine groups is 1. The van der Waals surface area contributed by atoms with E-state index >= 15 is 0 Å². The highest BCUT2D eigenvalue weighted by Gasteiger charge is 2.15. The van der Waals surface area contributed by atoms with Crippen molar-refractivity contribution in [1.29, 1.82) is 0 Å². The van der Waals surface area contributed by atoms with Gasteiger partial charge in [-0.3, -0.25) is 4.99 Å². The van der Waals surface area contributed by atoms with Crippen LogP contribution < -0.4 is 10.2 Å². The van der Waals surface area contributed by atoms with Gasteiger partial charge in [-0.05, 0) is 35.4 Å². The van der Waals surface area contributed by atoms with E-state index in [4.69, 9.17) is 4.74 Å². The largest absolute Gasteiger partial charge is 0.378 e. The Hall–Kier alpha value is -1.94. The van der Waals surface area contributed by atoms with Crippen LogP contribution in [0.3, 0.4) is 0 Å². The first kappa shape index (κ1) is 23.3. The van der Waals surface area contributed by atoms with Crippen LogP contribution >= 0.6 is 24.0 Å². The topological polar surface area (TPSA) is 40.1 Å². The quantitative estimate of drug-likeness (QED) is 0.375. The van der Waals surface area contributed by atoms with Crippen molar-refractivity contribution in [2.75, 3.05) is 45.3 Å². The first-order chi connectivity index (χ1) is 13.6. The number of nitrogens with zero attached hydrogens (tertiary/aromatic N) is 3. The maximum Gasteiger partial charge on any atom is 0.193 e. The van der Waals surface area contributed by atoms with E-state index in [1.807, 2.05) is 29.0 Å². The lowest BCUT2D eigenvalue weighted by molar-refractivity contribution is 0.122. The molecule has 5 nitrogen and oxygen atoms in total. The summed E-state index contributed by atoms with van der Waals surface area (Å²) in [7, 11) is 3.60. The van der Waals surface area contributed by atoms with Crippen molar-refractivity contribution in [1.82, 2.24) is 10.2 Å². The minimum Gasteiger partial charge on any atom is -0.378 e. The predicted molar refractivity (Wildman–Crippen MR) is 123 cm³/mol. The van der Waals surface area contributed by atoms with Gasteiger partial charge in [0.2, 0.25) is 0 Å². The molecule has 1 saturated heterocycles. The smallest absolute Gasteiger partial charge is 0.193 e. The van der Waals surface area contributed by atoms with Gasteiger partial charge in [-0.15, -0.1) is 24.0 Å². The minimum atomic E-state index is -0.253. The molecule has 0 amide bonds. The van der Waals surface area contributed by atoms with Crippen molar-refractivity contribution in [3.05, 3.63) is 65.2 Å². The molecule has 29 heavy (non-hydrogen) atoms. The van der Waals surface area contributed by atoms with Gasteiger partial charge in [0.05, 0.1) is 18.9 Å². The number of nitrogens with one attached hydrogen (secondary N) is 1. The van der Waals surface area contributed by atoms with Gasteiger partial charge >= 0.3 is 0 Å². The second kappa shape index (κ2) is 11.3. The molecule has 1 aliphatic rings. The first-order valence-electron chi connectivity index (χ1n) is 9.34. The number of halogens is 3. The SMILES string of the molecule is CN=C(NCc1ccc(N2CCOCC2)c(F)c1)N(C)Cc1ccc(F)cc1.I. The van der Waals surface area contributed by atoms with Crippen LogP contribution in [0.15, 0.2) is 47.5 Å². The molecular weight excluding hydrogens is 489 g/mol. The molecule has 3 rings (SSSR count). The van der Waals surface area contributed by atoms with Gasteiger partial charge in [0, 0.05) is 40.3 Å². The Morgan fingerprint density at radius 3 is 2.38 bits per heavy atom. The molecule has 1 aliphatic heterocycles. The molecule has 2 aromatic rings. The Morgan fingerprint density at radius 2 is 1.76 bits per heavy atom. The van der Waals surface area contributed by atoms with E-state index in [-0.39, 0.29) is 35.6 Å². The summed E-state index contributed by atoms with van der Waals surface area (Å²) in [5, 5.41) is 3.24. The van der Waals surface area contributed by atoms with Crippen molar-refractivity contribution in [2.45, 2.75) is 13.1 Å². The number of aliphatic imine (C=N–C) groups is 1. The Labute approximate surface area is 187 Å². The van der Waals surface area contributed by atoms with E-state index in [1.165, 1.54) is 12.1 Å². The van der Waals surface area contributed by atoms with Gasteiger partial charge in [0.15, 0.2) is 5.96 Å². The second-order valence-electron chi connectivity index (χ2n) is 6.77. The molecule has 158 valence electrons. The molecule has 0 aliphatic carbocycles. The maximum absolute atomic E-state index is 14.5. The molecular formula is C21H27F2IN4O. The average Bonchev–Trinajstić information content (AvgIpc) is 2.71. The van der Waals surface area contributed by atoms with Crippen molar-refractivity contribution in [3.63, 3.8) is 0 Å². The number of hydrogen-bond donors (Lipinski definition) is 1. The fraction of sp³-hybridized carbons (Fsp3) is 0.381. The molecule has 0 unspecified atom stereocenters. The standard InChI is InChI=1S/C21H26F2N4O.HI/c1-24-21(26(2)15-16-3-6-18(22)7-4-16)25-14-17-5-8-20(19(23)13-17)27-9-11-28-12-10-27;/h3-8,13H,9-12,14-15H2,1-2H3,(H,24,25);1H. The zero-order chi connectivity index (χ0) is 19.9. The molecule has 0 bridgehead atoms. The Morgan fingerprint density at radius 1 is 1.10 bits per heavy atom. The van der Waals surface area contributed by atoms with Gasteiger partial charge in [0.25, 0.3) is 0 Å². The van der Waals surface area contributed by atoms with Crippen LogP contribution in [0.5, 0.6) is 0 Å². The fourth-order valence-corrected chi connectivity index (χ4v) is 3.23. The van der Waals surface area contributed by atoms with E-state index in [0.717, 1.165) is 11.1 Å². The van der Waals surface area contributed by atoms with Gasteiger partial charge in [-0.25, -0.2) is 8.78 Å². The van der Waals surface area contributed by atoms with Crippen molar-refractivity contribution >= 4 is 35.6 Å². The van der Waals surface area contributed by atoms with Crippen LogP contribution in [0, 0.1) is 11.6 Å². The van der Waals surface area contributed by atoms with Gasteiger partial charge < -0.3 is 19.9 Å². The Bertz CT molecular complexity index is 811. The third-order valence-electron chi connectivity index (χ3n) is 4.72. The lowest BCUT2D eigenvalue weighted by atomic mass is 10.1. The Balaban J connectivity index is 0.00000300. The zero-order valence-corrected chi connectivity index (χ0v) is 19.0. The summed E-state index contributed by atoms with van der Waals surface area (Å²) < 4.78 is 32.9. The van der Waals surface area contributed by atoms with Crippen LogP contribution in [-0.2, 0) is 17.8 Å². The molecule has 1 heterocycles. The number of rotatable bonds is 5. The van der Waals surface area contributed by atoms with Crippen LogP contribution in [0.2, 0.25) is 0 Å². The normalized spacial score (nSPS) is 14.3. The number of ether oxygens (including phenoxy) is 1. The molecule has 8 heteroatoms. The average molecular weight is 516 g/mol. The molecule has 0 aromatic heterocycles. The summed E-state index contributed by atoms with van der Waals surface area (Å²) >= 11 is 0. The van der Waals surface area contributed by atoms with E-state index < -0.39 is 0 Å². The lowest BCUT2D eigenvalue weighted by Crippen LogP contribution is -2.38. The molecule has 2 aromatic carbocycles. The molecule has 0 atom stereocenters. The minimum absolute atomic E-state index is 0. The van der Waals surface area contributed by atoms with Crippen molar-refractivity contribution in [3.8, 4) is 0 Å².